The van der Waals surface area contributed by atoms with E-state index in [4.69, 9.17) is 15.0 Å². The van der Waals surface area contributed by atoms with E-state index in [1.807, 2.05) is 6.07 Å². The molecule has 5 N–H and O–H groups in total. The zero-order valence-corrected chi connectivity index (χ0v) is 19.4. The average molecular weight is 477 g/mol. The third-order valence-electron chi connectivity index (χ3n) is 4.44. The molecule has 0 aromatic heterocycles. The lowest BCUT2D eigenvalue weighted by Crippen LogP contribution is -2.39. The Morgan fingerprint density at radius 1 is 1.12 bits per heavy atom. The first kappa shape index (κ1) is 26.1. The highest BCUT2D eigenvalue weighted by Gasteiger charge is 2.41. The standard InChI is InChI=1S/C22H28N3O7P/c1-14(2)20(25-22(28)31-13-16-7-5-4-6-8-16)33(29,30)32-19(21(26)27)17-9-11-18(12-10-17)24-15(3)23/h4-12,14,19-20H,13H2,1-3H3,(H2,23,24)(H,25,28)(H,26,27)(H,29,30). The molecule has 2 aromatic carbocycles. The van der Waals surface area contributed by atoms with Crippen LogP contribution in [-0.2, 0) is 25.2 Å². The predicted molar refractivity (Wildman–Crippen MR) is 123 cm³/mol. The van der Waals surface area contributed by atoms with Crippen molar-refractivity contribution in [3.8, 4) is 0 Å². The van der Waals surface area contributed by atoms with Crippen LogP contribution >= 0.6 is 7.60 Å². The molecule has 0 saturated carbocycles. The lowest BCUT2D eigenvalue weighted by molar-refractivity contribution is -0.145. The van der Waals surface area contributed by atoms with Crippen LogP contribution in [0.2, 0.25) is 0 Å². The van der Waals surface area contributed by atoms with Crippen molar-refractivity contribution in [2.75, 3.05) is 0 Å². The molecule has 1 amide bonds. The van der Waals surface area contributed by atoms with Gasteiger partial charge in [-0.15, -0.1) is 0 Å². The first-order chi connectivity index (χ1) is 15.5. The van der Waals surface area contributed by atoms with Crippen molar-refractivity contribution in [1.82, 2.24) is 5.32 Å². The molecule has 3 unspecified atom stereocenters. The number of carbonyl (C=O) groups excluding carboxylic acids is 1. The molecule has 3 atom stereocenters. The molecule has 33 heavy (non-hydrogen) atoms. The molecule has 0 spiro atoms. The summed E-state index contributed by atoms with van der Waals surface area (Å²) in [5.41, 5.74) is 6.87. The van der Waals surface area contributed by atoms with E-state index in [-0.39, 0.29) is 12.2 Å². The monoisotopic (exact) mass is 477 g/mol. The van der Waals surface area contributed by atoms with E-state index in [1.54, 1.807) is 45.0 Å². The number of alkyl carbamates (subject to hydrolysis) is 1. The number of aliphatic carboxylic acids is 1. The Balaban J connectivity index is 2.14. The van der Waals surface area contributed by atoms with Gasteiger partial charge in [0.05, 0.1) is 11.5 Å². The number of nitrogens with two attached hydrogens (primary N) is 1. The van der Waals surface area contributed by atoms with Gasteiger partial charge in [-0.3, -0.25) is 9.09 Å². The number of carbonyl (C=O) groups is 2. The number of carboxylic acid groups (broad SMARTS) is 1. The van der Waals surface area contributed by atoms with Gasteiger partial charge in [0.15, 0.2) is 6.10 Å². The quantitative estimate of drug-likeness (QED) is 0.227. The van der Waals surface area contributed by atoms with Gasteiger partial charge in [-0.25, -0.2) is 14.6 Å². The molecule has 2 rings (SSSR count). The highest BCUT2D eigenvalue weighted by Crippen LogP contribution is 2.53. The number of rotatable bonds is 10. The minimum atomic E-state index is -4.66. The van der Waals surface area contributed by atoms with Crippen LogP contribution in [0.4, 0.5) is 10.5 Å². The molecule has 0 saturated heterocycles. The topological polar surface area (TPSA) is 161 Å². The number of aliphatic imine (C=N–C) groups is 1. The van der Waals surface area contributed by atoms with Crippen molar-refractivity contribution in [3.63, 3.8) is 0 Å². The normalized spacial score (nSPS) is 15.4. The number of ether oxygens (including phenoxy) is 1. The summed E-state index contributed by atoms with van der Waals surface area (Å²) < 4.78 is 23.3. The largest absolute Gasteiger partial charge is 0.479 e. The molecule has 178 valence electrons. The van der Waals surface area contributed by atoms with Crippen molar-refractivity contribution in [2.24, 2.45) is 16.6 Å². The zero-order valence-electron chi connectivity index (χ0n) is 18.5. The maximum absolute atomic E-state index is 13.0. The number of benzene rings is 2. The summed E-state index contributed by atoms with van der Waals surface area (Å²) in [6.07, 6.45) is -2.68. The molecule has 0 aliphatic heterocycles. The molecule has 0 aliphatic carbocycles. The number of hydrogen-bond acceptors (Lipinski definition) is 6. The number of nitrogens with one attached hydrogen (secondary N) is 1. The molecule has 0 heterocycles. The van der Waals surface area contributed by atoms with Gasteiger partial charge in [0.2, 0.25) is 0 Å². The number of carboxylic acids is 1. The van der Waals surface area contributed by atoms with Crippen molar-refractivity contribution >= 4 is 31.2 Å². The summed E-state index contributed by atoms with van der Waals surface area (Å²) in [7, 11) is -4.66. The fourth-order valence-electron chi connectivity index (χ4n) is 2.90. The molecular weight excluding hydrogens is 449 g/mol. The van der Waals surface area contributed by atoms with Crippen molar-refractivity contribution in [2.45, 2.75) is 39.3 Å². The first-order valence-electron chi connectivity index (χ1n) is 10.1. The predicted octanol–water partition coefficient (Wildman–Crippen LogP) is 3.93. The number of nitrogens with zero attached hydrogens (tertiary/aromatic N) is 1. The third-order valence-corrected chi connectivity index (χ3v) is 6.38. The fourth-order valence-corrected chi connectivity index (χ4v) is 4.57. The van der Waals surface area contributed by atoms with Crippen LogP contribution < -0.4 is 11.1 Å². The van der Waals surface area contributed by atoms with Crippen molar-refractivity contribution < 1.29 is 33.4 Å². The highest BCUT2D eigenvalue weighted by atomic mass is 31.2. The summed E-state index contributed by atoms with van der Waals surface area (Å²) in [5.74, 6) is -3.11. The van der Waals surface area contributed by atoms with Gasteiger partial charge < -0.3 is 25.8 Å². The van der Waals surface area contributed by atoms with E-state index >= 15 is 0 Å². The Kier molecular flexibility index (Phi) is 9.16. The lowest BCUT2D eigenvalue weighted by atomic mass is 10.1. The molecule has 0 fully saturated rings. The molecule has 2 aromatic rings. The molecule has 10 nitrogen and oxygen atoms in total. The Labute approximate surface area is 192 Å². The Bertz CT molecular complexity index is 1020. The Morgan fingerprint density at radius 2 is 1.73 bits per heavy atom. The zero-order chi connectivity index (χ0) is 24.6. The van der Waals surface area contributed by atoms with Crippen molar-refractivity contribution in [1.29, 1.82) is 0 Å². The van der Waals surface area contributed by atoms with Crippen LogP contribution in [0.25, 0.3) is 0 Å². The van der Waals surface area contributed by atoms with E-state index in [0.29, 0.717) is 11.5 Å². The second-order valence-electron chi connectivity index (χ2n) is 7.63. The molecule has 0 radical (unpaired) electrons. The van der Waals surface area contributed by atoms with Crippen LogP contribution in [0.15, 0.2) is 59.6 Å². The molecule has 0 aliphatic rings. The van der Waals surface area contributed by atoms with Gasteiger partial charge >= 0.3 is 19.7 Å². The Hall–Kier alpha value is -3.20. The van der Waals surface area contributed by atoms with Crippen LogP contribution in [0.1, 0.15) is 38.0 Å². The number of amidine groups is 1. The average Bonchev–Trinajstić information content (AvgIpc) is 2.75. The highest BCUT2D eigenvalue weighted by molar-refractivity contribution is 7.53. The molecular formula is C22H28N3O7P. The molecule has 0 bridgehead atoms. The van der Waals surface area contributed by atoms with Gasteiger partial charge in [0.25, 0.3) is 0 Å². The summed E-state index contributed by atoms with van der Waals surface area (Å²) in [5, 5.41) is 11.9. The van der Waals surface area contributed by atoms with Gasteiger partial charge in [-0.1, -0.05) is 56.3 Å². The van der Waals surface area contributed by atoms with E-state index in [1.165, 1.54) is 24.3 Å². The summed E-state index contributed by atoms with van der Waals surface area (Å²) >= 11 is 0. The van der Waals surface area contributed by atoms with E-state index in [2.05, 4.69) is 10.3 Å². The van der Waals surface area contributed by atoms with Crippen LogP contribution in [0, 0.1) is 5.92 Å². The SMILES string of the molecule is CC(N)=Nc1ccc(C(OP(=O)(O)C(NC(=O)OCc2ccccc2)C(C)C)C(=O)O)cc1. The maximum Gasteiger partial charge on any atom is 0.408 e. The van der Waals surface area contributed by atoms with Gasteiger partial charge in [0.1, 0.15) is 12.4 Å². The van der Waals surface area contributed by atoms with Crippen LogP contribution in [0.5, 0.6) is 0 Å². The minimum absolute atomic E-state index is 0.0388. The number of hydrogen-bond donors (Lipinski definition) is 4. The van der Waals surface area contributed by atoms with Gasteiger partial charge in [-0.2, -0.15) is 0 Å². The maximum atomic E-state index is 13.0. The van der Waals surface area contributed by atoms with Crippen LogP contribution in [0.3, 0.4) is 0 Å². The van der Waals surface area contributed by atoms with E-state index < -0.39 is 37.5 Å². The van der Waals surface area contributed by atoms with E-state index in [0.717, 1.165) is 5.56 Å². The fraction of sp³-hybridized carbons (Fsp3) is 0.318. The second-order valence-corrected chi connectivity index (χ2v) is 9.52. The van der Waals surface area contributed by atoms with E-state index in [9.17, 15) is 24.2 Å². The first-order valence-corrected chi connectivity index (χ1v) is 11.8. The smallest absolute Gasteiger partial charge is 0.408 e. The minimum Gasteiger partial charge on any atom is -0.479 e. The summed E-state index contributed by atoms with van der Waals surface area (Å²) in [6, 6.07) is 14.7. The van der Waals surface area contributed by atoms with Crippen molar-refractivity contribution in [3.05, 3.63) is 65.7 Å². The van der Waals surface area contributed by atoms with Crippen LogP contribution in [-0.4, -0.2) is 33.7 Å². The third kappa shape index (κ3) is 8.02. The summed E-state index contributed by atoms with van der Waals surface area (Å²) in [4.78, 5) is 38.7. The van der Waals surface area contributed by atoms with Gasteiger partial charge in [0, 0.05) is 0 Å². The lowest BCUT2D eigenvalue weighted by Gasteiger charge is -2.28. The van der Waals surface area contributed by atoms with Gasteiger partial charge in [-0.05, 0) is 36.1 Å². The second kappa shape index (κ2) is 11.6. The number of amides is 1. The Morgan fingerprint density at radius 3 is 2.24 bits per heavy atom. The summed E-state index contributed by atoms with van der Waals surface area (Å²) in [6.45, 7) is 4.74. The molecule has 11 heteroatoms.